The Morgan fingerprint density at radius 1 is 1.25 bits per heavy atom. The quantitative estimate of drug-likeness (QED) is 0.721. The molecular weight excluding hydrogens is 272 g/mol. The second kappa shape index (κ2) is 9.47. The predicted octanol–water partition coefficient (Wildman–Crippen LogP) is 2.43. The summed E-state index contributed by atoms with van der Waals surface area (Å²) in [5, 5.41) is 2.14. The highest BCUT2D eigenvalue weighted by molar-refractivity contribution is 7.10. The van der Waals surface area contributed by atoms with Crippen LogP contribution in [0.3, 0.4) is 0 Å². The van der Waals surface area contributed by atoms with Crippen LogP contribution in [0.15, 0.2) is 11.4 Å². The number of hydrogen-bond acceptors (Lipinski definition) is 5. The lowest BCUT2D eigenvalue weighted by molar-refractivity contribution is 0.0785. The van der Waals surface area contributed by atoms with Gasteiger partial charge < -0.3 is 15.2 Å². The third-order valence-corrected chi connectivity index (χ3v) is 4.70. The molecule has 5 heteroatoms. The van der Waals surface area contributed by atoms with Crippen LogP contribution < -0.4 is 5.73 Å². The van der Waals surface area contributed by atoms with Crippen molar-refractivity contribution in [3.8, 4) is 0 Å². The second-order valence-corrected chi connectivity index (χ2v) is 5.95. The van der Waals surface area contributed by atoms with E-state index in [0.29, 0.717) is 13.2 Å². The van der Waals surface area contributed by atoms with Crippen molar-refractivity contribution >= 4 is 11.3 Å². The lowest BCUT2D eigenvalue weighted by atomic mass is 10.0. The molecule has 1 heterocycles. The molecule has 2 unspecified atom stereocenters. The maximum atomic E-state index is 6.41. The van der Waals surface area contributed by atoms with Gasteiger partial charge in [0.25, 0.3) is 0 Å². The van der Waals surface area contributed by atoms with E-state index in [2.05, 4.69) is 30.2 Å². The molecule has 0 saturated heterocycles. The molecule has 0 radical (unpaired) electrons. The van der Waals surface area contributed by atoms with E-state index in [9.17, 15) is 0 Å². The first kappa shape index (κ1) is 17.6. The average molecular weight is 300 g/mol. The fourth-order valence-corrected chi connectivity index (χ4v) is 3.48. The minimum Gasteiger partial charge on any atom is -0.383 e. The molecule has 0 spiro atoms. The first-order valence-corrected chi connectivity index (χ1v) is 8.05. The van der Waals surface area contributed by atoms with Crippen LogP contribution in [-0.4, -0.2) is 51.5 Å². The lowest BCUT2D eigenvalue weighted by Crippen LogP contribution is -2.43. The number of methoxy groups -OCH3 is 2. The fourth-order valence-electron chi connectivity index (χ4n) is 2.35. The van der Waals surface area contributed by atoms with E-state index in [1.54, 1.807) is 25.6 Å². The summed E-state index contributed by atoms with van der Waals surface area (Å²) >= 11 is 1.79. The molecule has 1 rings (SSSR count). The monoisotopic (exact) mass is 300 g/mol. The first-order valence-electron chi connectivity index (χ1n) is 7.17. The van der Waals surface area contributed by atoms with Crippen molar-refractivity contribution in [1.82, 2.24) is 4.90 Å². The summed E-state index contributed by atoms with van der Waals surface area (Å²) in [4.78, 5) is 3.76. The molecule has 0 aliphatic heterocycles. The van der Waals surface area contributed by atoms with Gasteiger partial charge in [-0.3, -0.25) is 4.90 Å². The van der Waals surface area contributed by atoms with E-state index >= 15 is 0 Å². The third kappa shape index (κ3) is 4.82. The molecule has 0 saturated carbocycles. The molecule has 2 atom stereocenters. The molecule has 0 amide bonds. The van der Waals surface area contributed by atoms with Crippen LogP contribution in [0.2, 0.25) is 0 Å². The van der Waals surface area contributed by atoms with Gasteiger partial charge in [0.1, 0.15) is 0 Å². The fraction of sp³-hybridized carbons (Fsp3) is 0.733. The summed E-state index contributed by atoms with van der Waals surface area (Å²) in [6, 6.07) is 2.53. The van der Waals surface area contributed by atoms with E-state index in [1.165, 1.54) is 10.4 Å². The Morgan fingerprint density at radius 2 is 1.85 bits per heavy atom. The van der Waals surface area contributed by atoms with E-state index in [4.69, 9.17) is 15.2 Å². The molecule has 4 nitrogen and oxygen atoms in total. The van der Waals surface area contributed by atoms with Gasteiger partial charge in [-0.2, -0.15) is 0 Å². The van der Waals surface area contributed by atoms with Crippen molar-refractivity contribution in [2.24, 2.45) is 5.73 Å². The topological polar surface area (TPSA) is 47.7 Å². The van der Waals surface area contributed by atoms with Crippen molar-refractivity contribution in [2.75, 3.05) is 40.5 Å². The number of ether oxygens (including phenoxy) is 2. The van der Waals surface area contributed by atoms with Crippen LogP contribution in [0.5, 0.6) is 0 Å². The summed E-state index contributed by atoms with van der Waals surface area (Å²) in [5.74, 6) is 0. The van der Waals surface area contributed by atoms with Gasteiger partial charge in [0.05, 0.1) is 19.3 Å². The van der Waals surface area contributed by atoms with Gasteiger partial charge in [-0.25, -0.2) is 0 Å². The molecule has 0 bridgehead atoms. The number of thiophene rings is 1. The van der Waals surface area contributed by atoms with Gasteiger partial charge in [0.2, 0.25) is 0 Å². The number of hydrogen-bond donors (Lipinski definition) is 1. The number of aryl methyl sites for hydroxylation is 1. The average Bonchev–Trinajstić information content (AvgIpc) is 2.87. The lowest BCUT2D eigenvalue weighted by Gasteiger charge is -2.35. The van der Waals surface area contributed by atoms with E-state index in [0.717, 1.165) is 19.5 Å². The summed E-state index contributed by atoms with van der Waals surface area (Å²) in [5.41, 5.74) is 7.73. The van der Waals surface area contributed by atoms with E-state index in [1.807, 2.05) is 0 Å². The summed E-state index contributed by atoms with van der Waals surface area (Å²) in [7, 11) is 3.47. The smallest absolute Gasteiger partial charge is 0.0597 e. The standard InChI is InChI=1S/C15H28N2O2S/c1-5-13(16)14(15-12(2)6-11-20-15)17(7-9-18-3)8-10-19-4/h6,11,13-14H,5,7-10,16H2,1-4H3. The minimum absolute atomic E-state index is 0.126. The van der Waals surface area contributed by atoms with Gasteiger partial charge in [0.15, 0.2) is 0 Å². The zero-order valence-electron chi connectivity index (χ0n) is 13.1. The minimum atomic E-state index is 0.126. The molecule has 0 aliphatic carbocycles. The maximum absolute atomic E-state index is 6.41. The van der Waals surface area contributed by atoms with Crippen LogP contribution >= 0.6 is 11.3 Å². The van der Waals surface area contributed by atoms with Gasteiger partial charge in [-0.05, 0) is 30.4 Å². The Morgan fingerprint density at radius 3 is 2.25 bits per heavy atom. The van der Waals surface area contributed by atoms with E-state index < -0.39 is 0 Å². The molecule has 0 aliphatic rings. The van der Waals surface area contributed by atoms with Crippen molar-refractivity contribution in [1.29, 1.82) is 0 Å². The maximum Gasteiger partial charge on any atom is 0.0597 e. The van der Waals surface area contributed by atoms with Crippen LogP contribution in [0.25, 0.3) is 0 Å². The number of nitrogens with zero attached hydrogens (tertiary/aromatic N) is 1. The Bertz CT molecular complexity index is 363. The zero-order chi connectivity index (χ0) is 15.0. The highest BCUT2D eigenvalue weighted by Crippen LogP contribution is 2.31. The van der Waals surface area contributed by atoms with Crippen LogP contribution in [-0.2, 0) is 9.47 Å². The number of nitrogens with two attached hydrogens (primary N) is 1. The highest BCUT2D eigenvalue weighted by atomic mass is 32.1. The van der Waals surface area contributed by atoms with Crippen molar-refractivity contribution in [2.45, 2.75) is 32.4 Å². The van der Waals surface area contributed by atoms with Crippen molar-refractivity contribution < 1.29 is 9.47 Å². The van der Waals surface area contributed by atoms with Gasteiger partial charge in [0, 0.05) is 38.2 Å². The summed E-state index contributed by atoms with van der Waals surface area (Å²) < 4.78 is 10.5. The summed E-state index contributed by atoms with van der Waals surface area (Å²) in [6.45, 7) is 7.46. The van der Waals surface area contributed by atoms with Crippen molar-refractivity contribution in [3.05, 3.63) is 21.9 Å². The molecule has 2 N–H and O–H groups in total. The Kier molecular flexibility index (Phi) is 8.33. The summed E-state index contributed by atoms with van der Waals surface area (Å²) in [6.07, 6.45) is 0.957. The van der Waals surface area contributed by atoms with Crippen LogP contribution in [0, 0.1) is 6.92 Å². The van der Waals surface area contributed by atoms with Gasteiger partial charge in [-0.15, -0.1) is 11.3 Å². The molecule has 0 fully saturated rings. The van der Waals surface area contributed by atoms with Crippen LogP contribution in [0.4, 0.5) is 0 Å². The highest BCUT2D eigenvalue weighted by Gasteiger charge is 2.27. The molecule has 1 aromatic rings. The Hall–Kier alpha value is -0.460. The van der Waals surface area contributed by atoms with Crippen molar-refractivity contribution in [3.63, 3.8) is 0 Å². The molecule has 0 aromatic carbocycles. The van der Waals surface area contributed by atoms with E-state index in [-0.39, 0.29) is 12.1 Å². The largest absolute Gasteiger partial charge is 0.383 e. The predicted molar refractivity (Wildman–Crippen MR) is 85.4 cm³/mol. The second-order valence-electron chi connectivity index (χ2n) is 5.01. The third-order valence-electron chi connectivity index (χ3n) is 3.61. The molecule has 1 aromatic heterocycles. The Labute approximate surface area is 126 Å². The molecular formula is C15H28N2O2S. The van der Waals surface area contributed by atoms with Crippen LogP contribution in [0.1, 0.15) is 29.8 Å². The molecule has 116 valence electrons. The zero-order valence-corrected chi connectivity index (χ0v) is 13.9. The van der Waals surface area contributed by atoms with Gasteiger partial charge >= 0.3 is 0 Å². The Balaban J connectivity index is 2.94. The normalized spacial score (nSPS) is 14.7. The molecule has 20 heavy (non-hydrogen) atoms. The first-order chi connectivity index (χ1) is 9.65. The SMILES string of the molecule is CCC(N)C(c1sccc1C)N(CCOC)CCOC. The van der Waals surface area contributed by atoms with Gasteiger partial charge in [-0.1, -0.05) is 6.92 Å². The number of rotatable bonds is 10.